The SMILES string of the molecule is CC(C)CN1C(=O)c2ccc(C(=O)NCCNC(=O)c3ccco3)cc2C1=O. The van der Waals surface area contributed by atoms with Gasteiger partial charge in [-0.3, -0.25) is 24.1 Å². The van der Waals surface area contributed by atoms with Crippen LogP contribution in [0.5, 0.6) is 0 Å². The summed E-state index contributed by atoms with van der Waals surface area (Å²) in [5, 5.41) is 5.28. The molecule has 0 bridgehead atoms. The van der Waals surface area contributed by atoms with E-state index < -0.39 is 5.91 Å². The smallest absolute Gasteiger partial charge is 0.287 e. The summed E-state index contributed by atoms with van der Waals surface area (Å²) in [5.74, 6) is -1.13. The first-order valence-corrected chi connectivity index (χ1v) is 8.98. The number of fused-ring (bicyclic) bond motifs is 1. The molecule has 2 heterocycles. The molecule has 8 heteroatoms. The molecule has 0 saturated heterocycles. The Balaban J connectivity index is 1.57. The maximum Gasteiger partial charge on any atom is 0.287 e. The Morgan fingerprint density at radius 2 is 1.68 bits per heavy atom. The third-order valence-corrected chi connectivity index (χ3v) is 4.22. The predicted octanol–water partition coefficient (Wildman–Crippen LogP) is 1.69. The standard InChI is InChI=1S/C20H21N3O5/c1-12(2)11-23-19(26)14-6-5-13(10-15(14)20(23)27)17(24)21-7-8-22-18(25)16-4-3-9-28-16/h3-6,9-10,12H,7-8,11H2,1-2H3,(H,21,24)(H,22,25). The number of hydrogen-bond acceptors (Lipinski definition) is 5. The molecule has 0 radical (unpaired) electrons. The molecule has 1 aromatic carbocycles. The lowest BCUT2D eigenvalue weighted by Gasteiger charge is -2.15. The Morgan fingerprint density at radius 3 is 2.32 bits per heavy atom. The lowest BCUT2D eigenvalue weighted by atomic mass is 10.1. The summed E-state index contributed by atoms with van der Waals surface area (Å²) in [7, 11) is 0. The van der Waals surface area contributed by atoms with E-state index in [0.717, 1.165) is 0 Å². The second-order valence-electron chi connectivity index (χ2n) is 6.86. The van der Waals surface area contributed by atoms with Crippen molar-refractivity contribution in [1.82, 2.24) is 15.5 Å². The van der Waals surface area contributed by atoms with Crippen molar-refractivity contribution in [2.75, 3.05) is 19.6 Å². The Labute approximate surface area is 161 Å². The van der Waals surface area contributed by atoms with E-state index in [4.69, 9.17) is 4.42 Å². The minimum atomic E-state index is -0.391. The van der Waals surface area contributed by atoms with Crippen LogP contribution in [0, 0.1) is 5.92 Å². The highest BCUT2D eigenvalue weighted by atomic mass is 16.3. The van der Waals surface area contributed by atoms with Gasteiger partial charge in [-0.15, -0.1) is 0 Å². The van der Waals surface area contributed by atoms with Crippen LogP contribution >= 0.6 is 0 Å². The van der Waals surface area contributed by atoms with Crippen molar-refractivity contribution in [1.29, 1.82) is 0 Å². The van der Waals surface area contributed by atoms with E-state index in [2.05, 4.69) is 10.6 Å². The van der Waals surface area contributed by atoms with Crippen molar-refractivity contribution in [2.24, 2.45) is 5.92 Å². The van der Waals surface area contributed by atoms with Crippen LogP contribution in [-0.2, 0) is 0 Å². The summed E-state index contributed by atoms with van der Waals surface area (Å²) in [6.07, 6.45) is 1.40. The number of carbonyl (C=O) groups excluding carboxylic acids is 4. The Kier molecular flexibility index (Phi) is 5.58. The molecular weight excluding hydrogens is 362 g/mol. The van der Waals surface area contributed by atoms with E-state index in [1.54, 1.807) is 12.1 Å². The normalized spacial score (nSPS) is 13.0. The van der Waals surface area contributed by atoms with Crippen molar-refractivity contribution < 1.29 is 23.6 Å². The molecule has 28 heavy (non-hydrogen) atoms. The van der Waals surface area contributed by atoms with Gasteiger partial charge in [0.1, 0.15) is 0 Å². The minimum absolute atomic E-state index is 0.154. The van der Waals surface area contributed by atoms with Crippen molar-refractivity contribution in [3.05, 3.63) is 59.0 Å². The number of hydrogen-bond donors (Lipinski definition) is 2. The number of benzene rings is 1. The zero-order valence-corrected chi connectivity index (χ0v) is 15.7. The second kappa shape index (κ2) is 8.08. The Morgan fingerprint density at radius 1 is 1.00 bits per heavy atom. The van der Waals surface area contributed by atoms with Crippen molar-refractivity contribution in [3.8, 4) is 0 Å². The van der Waals surface area contributed by atoms with Gasteiger partial charge in [-0.05, 0) is 36.2 Å². The summed E-state index contributed by atoms with van der Waals surface area (Å²) in [4.78, 5) is 50.1. The zero-order valence-electron chi connectivity index (χ0n) is 15.7. The number of imide groups is 1. The fraction of sp³-hybridized carbons (Fsp3) is 0.300. The van der Waals surface area contributed by atoms with Crippen LogP contribution in [0.3, 0.4) is 0 Å². The van der Waals surface area contributed by atoms with Crippen LogP contribution in [0.4, 0.5) is 0 Å². The summed E-state index contributed by atoms with van der Waals surface area (Å²) < 4.78 is 4.97. The van der Waals surface area contributed by atoms with Gasteiger partial charge in [0, 0.05) is 25.2 Å². The molecule has 3 rings (SSSR count). The molecular formula is C20H21N3O5. The number of amides is 4. The van der Waals surface area contributed by atoms with E-state index >= 15 is 0 Å². The number of nitrogens with zero attached hydrogens (tertiary/aromatic N) is 1. The summed E-state index contributed by atoms with van der Waals surface area (Å²) in [6.45, 7) is 4.61. The molecule has 146 valence electrons. The van der Waals surface area contributed by atoms with Gasteiger partial charge in [0.25, 0.3) is 23.6 Å². The Bertz CT molecular complexity index is 918. The fourth-order valence-electron chi connectivity index (χ4n) is 2.91. The third-order valence-electron chi connectivity index (χ3n) is 4.22. The number of rotatable bonds is 7. The van der Waals surface area contributed by atoms with Crippen LogP contribution in [0.15, 0.2) is 41.0 Å². The molecule has 0 saturated carbocycles. The molecule has 4 amide bonds. The number of carbonyl (C=O) groups is 4. The first kappa shape index (κ1) is 19.3. The van der Waals surface area contributed by atoms with Crippen LogP contribution in [-0.4, -0.2) is 48.2 Å². The van der Waals surface area contributed by atoms with Crippen molar-refractivity contribution >= 4 is 23.6 Å². The van der Waals surface area contributed by atoms with Gasteiger partial charge in [0.2, 0.25) is 0 Å². The molecule has 0 spiro atoms. The zero-order chi connectivity index (χ0) is 20.3. The molecule has 1 aromatic heterocycles. The lowest BCUT2D eigenvalue weighted by Crippen LogP contribution is -2.34. The highest BCUT2D eigenvalue weighted by Gasteiger charge is 2.36. The van der Waals surface area contributed by atoms with Gasteiger partial charge in [0.05, 0.1) is 17.4 Å². The van der Waals surface area contributed by atoms with Gasteiger partial charge in [-0.2, -0.15) is 0 Å². The van der Waals surface area contributed by atoms with Gasteiger partial charge in [0.15, 0.2) is 5.76 Å². The molecule has 1 aliphatic heterocycles. The molecule has 2 N–H and O–H groups in total. The molecule has 0 aliphatic carbocycles. The van der Waals surface area contributed by atoms with Crippen LogP contribution in [0.25, 0.3) is 0 Å². The van der Waals surface area contributed by atoms with Crippen molar-refractivity contribution in [3.63, 3.8) is 0 Å². The molecule has 0 unspecified atom stereocenters. The summed E-state index contributed by atoms with van der Waals surface area (Å²) in [5.41, 5.74) is 0.834. The van der Waals surface area contributed by atoms with E-state index in [0.29, 0.717) is 12.1 Å². The first-order chi connectivity index (χ1) is 13.4. The van der Waals surface area contributed by atoms with E-state index in [1.807, 2.05) is 13.8 Å². The average Bonchev–Trinajstić information content (AvgIpc) is 3.28. The monoisotopic (exact) mass is 383 g/mol. The van der Waals surface area contributed by atoms with Gasteiger partial charge >= 0.3 is 0 Å². The highest BCUT2D eigenvalue weighted by Crippen LogP contribution is 2.24. The predicted molar refractivity (Wildman–Crippen MR) is 100 cm³/mol. The number of furan rings is 1. The molecule has 0 atom stereocenters. The molecule has 2 aromatic rings. The lowest BCUT2D eigenvalue weighted by molar-refractivity contribution is 0.0635. The minimum Gasteiger partial charge on any atom is -0.459 e. The maximum absolute atomic E-state index is 12.5. The highest BCUT2D eigenvalue weighted by molar-refractivity contribution is 6.22. The molecule has 1 aliphatic rings. The third kappa shape index (κ3) is 3.95. The molecule has 8 nitrogen and oxygen atoms in total. The molecule has 0 fully saturated rings. The van der Waals surface area contributed by atoms with Gasteiger partial charge < -0.3 is 15.1 Å². The quantitative estimate of drug-likeness (QED) is 0.559. The van der Waals surface area contributed by atoms with E-state index in [1.165, 1.54) is 29.4 Å². The average molecular weight is 383 g/mol. The largest absolute Gasteiger partial charge is 0.459 e. The van der Waals surface area contributed by atoms with E-state index in [9.17, 15) is 19.2 Å². The van der Waals surface area contributed by atoms with Gasteiger partial charge in [-0.1, -0.05) is 13.8 Å². The van der Waals surface area contributed by atoms with Crippen molar-refractivity contribution in [2.45, 2.75) is 13.8 Å². The first-order valence-electron chi connectivity index (χ1n) is 8.98. The van der Waals surface area contributed by atoms with Crippen LogP contribution in [0.2, 0.25) is 0 Å². The Hall–Kier alpha value is -3.42. The number of nitrogens with one attached hydrogen (secondary N) is 2. The summed E-state index contributed by atoms with van der Waals surface area (Å²) >= 11 is 0. The topological polar surface area (TPSA) is 109 Å². The van der Waals surface area contributed by atoms with Crippen LogP contribution < -0.4 is 10.6 Å². The maximum atomic E-state index is 12.5. The van der Waals surface area contributed by atoms with Gasteiger partial charge in [-0.25, -0.2) is 0 Å². The van der Waals surface area contributed by atoms with Crippen LogP contribution in [0.1, 0.15) is 55.5 Å². The van der Waals surface area contributed by atoms with E-state index in [-0.39, 0.29) is 53.6 Å². The second-order valence-corrected chi connectivity index (χ2v) is 6.86. The summed E-state index contributed by atoms with van der Waals surface area (Å²) in [6, 6.07) is 7.61. The fourth-order valence-corrected chi connectivity index (χ4v) is 2.91.